The molecule has 1 heterocycles. The highest BCUT2D eigenvalue weighted by Gasteiger charge is 2.20. The maximum atomic E-state index is 5.99. The van der Waals surface area contributed by atoms with Crippen LogP contribution in [0.15, 0.2) is 24.3 Å². The molecule has 2 N–H and O–H groups in total. The van der Waals surface area contributed by atoms with Gasteiger partial charge in [-0.2, -0.15) is 0 Å². The monoisotopic (exact) mass is 278 g/mol. The van der Waals surface area contributed by atoms with Gasteiger partial charge in [0.25, 0.3) is 0 Å². The Bertz CT molecular complexity index is 373. The fourth-order valence-electron chi connectivity index (χ4n) is 2.58. The lowest BCUT2D eigenvalue weighted by molar-refractivity contribution is 0.132. The van der Waals surface area contributed by atoms with Crippen LogP contribution in [0, 0.1) is 0 Å². The third kappa shape index (κ3) is 4.20. The first-order chi connectivity index (χ1) is 9.85. The number of hydrogen-bond acceptors (Lipinski definition) is 4. The zero-order valence-electron chi connectivity index (χ0n) is 12.4. The Morgan fingerprint density at radius 1 is 1.25 bits per heavy atom. The van der Waals surface area contributed by atoms with Crippen LogP contribution in [0.4, 0.5) is 0 Å². The van der Waals surface area contributed by atoms with Gasteiger partial charge < -0.3 is 15.2 Å². The quantitative estimate of drug-likeness (QED) is 0.866. The summed E-state index contributed by atoms with van der Waals surface area (Å²) in [6, 6.07) is 8.63. The van der Waals surface area contributed by atoms with Crippen LogP contribution in [0.1, 0.15) is 31.4 Å². The highest BCUT2D eigenvalue weighted by Crippen LogP contribution is 2.23. The standard InChI is InChI=1S/C16H26N2O2/c1-2-10-20-15-6-4-14(5-7-15)16(13-17)18-8-3-11-19-12-9-18/h4-7,16H,2-3,8-13,17H2,1H3. The largest absolute Gasteiger partial charge is 0.494 e. The van der Waals surface area contributed by atoms with E-state index < -0.39 is 0 Å². The number of hydrogen-bond donors (Lipinski definition) is 1. The zero-order valence-corrected chi connectivity index (χ0v) is 12.4. The molecule has 1 aliphatic rings. The molecular weight excluding hydrogens is 252 g/mol. The Labute approximate surface area is 121 Å². The van der Waals surface area contributed by atoms with Crippen LogP contribution in [0.25, 0.3) is 0 Å². The number of nitrogens with zero attached hydrogens (tertiary/aromatic N) is 1. The van der Waals surface area contributed by atoms with Crippen LogP contribution in [-0.2, 0) is 4.74 Å². The van der Waals surface area contributed by atoms with Crippen molar-refractivity contribution in [1.29, 1.82) is 0 Å². The van der Waals surface area contributed by atoms with Crippen molar-refractivity contribution in [2.75, 3.05) is 39.5 Å². The van der Waals surface area contributed by atoms with Crippen LogP contribution in [0.5, 0.6) is 5.75 Å². The number of nitrogens with two attached hydrogens (primary N) is 1. The van der Waals surface area contributed by atoms with Crippen LogP contribution < -0.4 is 10.5 Å². The summed E-state index contributed by atoms with van der Waals surface area (Å²) < 4.78 is 11.1. The Balaban J connectivity index is 2.02. The lowest BCUT2D eigenvalue weighted by Crippen LogP contribution is -2.35. The van der Waals surface area contributed by atoms with E-state index in [1.807, 2.05) is 12.1 Å². The second-order valence-electron chi connectivity index (χ2n) is 5.17. The predicted molar refractivity (Wildman–Crippen MR) is 81.0 cm³/mol. The number of rotatable bonds is 6. The second-order valence-corrected chi connectivity index (χ2v) is 5.17. The van der Waals surface area contributed by atoms with E-state index in [4.69, 9.17) is 15.2 Å². The molecule has 0 bridgehead atoms. The van der Waals surface area contributed by atoms with E-state index in [1.165, 1.54) is 5.56 Å². The third-order valence-corrected chi connectivity index (χ3v) is 3.66. The zero-order chi connectivity index (χ0) is 14.2. The highest BCUT2D eigenvalue weighted by atomic mass is 16.5. The van der Waals surface area contributed by atoms with Crippen LogP contribution >= 0.6 is 0 Å². The van der Waals surface area contributed by atoms with Gasteiger partial charge in [0.15, 0.2) is 0 Å². The highest BCUT2D eigenvalue weighted by molar-refractivity contribution is 5.29. The average Bonchev–Trinajstić information content (AvgIpc) is 2.76. The normalized spacial score (nSPS) is 18.5. The molecule has 0 spiro atoms. The topological polar surface area (TPSA) is 47.7 Å². The summed E-state index contributed by atoms with van der Waals surface area (Å²) >= 11 is 0. The molecule has 0 amide bonds. The molecule has 1 aliphatic heterocycles. The van der Waals surface area contributed by atoms with Crippen molar-refractivity contribution in [3.8, 4) is 5.75 Å². The first-order valence-corrected chi connectivity index (χ1v) is 7.59. The van der Waals surface area contributed by atoms with Crippen molar-refractivity contribution in [1.82, 2.24) is 4.90 Å². The van der Waals surface area contributed by atoms with Gasteiger partial charge in [-0.3, -0.25) is 4.90 Å². The third-order valence-electron chi connectivity index (χ3n) is 3.66. The SMILES string of the molecule is CCCOc1ccc(C(CN)N2CCCOCC2)cc1. The van der Waals surface area contributed by atoms with Crippen molar-refractivity contribution in [3.63, 3.8) is 0 Å². The summed E-state index contributed by atoms with van der Waals surface area (Å²) in [5, 5.41) is 0. The van der Waals surface area contributed by atoms with Crippen molar-refractivity contribution in [3.05, 3.63) is 29.8 Å². The average molecular weight is 278 g/mol. The van der Waals surface area contributed by atoms with Gasteiger partial charge in [0, 0.05) is 32.3 Å². The van der Waals surface area contributed by atoms with E-state index in [9.17, 15) is 0 Å². The smallest absolute Gasteiger partial charge is 0.119 e. The Hall–Kier alpha value is -1.10. The first-order valence-electron chi connectivity index (χ1n) is 7.59. The van der Waals surface area contributed by atoms with Gasteiger partial charge in [-0.05, 0) is 30.5 Å². The summed E-state index contributed by atoms with van der Waals surface area (Å²) in [5.74, 6) is 0.936. The molecule has 2 rings (SSSR count). The Morgan fingerprint density at radius 2 is 2.05 bits per heavy atom. The number of benzene rings is 1. The molecule has 4 nitrogen and oxygen atoms in total. The molecule has 0 aliphatic carbocycles. The van der Waals surface area contributed by atoms with Crippen LogP contribution in [0.2, 0.25) is 0 Å². The lowest BCUT2D eigenvalue weighted by atomic mass is 10.0. The molecule has 1 aromatic carbocycles. The number of ether oxygens (including phenoxy) is 2. The molecule has 0 saturated carbocycles. The van der Waals surface area contributed by atoms with Gasteiger partial charge in [0.05, 0.1) is 13.2 Å². The molecule has 4 heteroatoms. The predicted octanol–water partition coefficient (Wildman–Crippen LogP) is 2.20. The van der Waals surface area contributed by atoms with Gasteiger partial charge in [-0.1, -0.05) is 19.1 Å². The van der Waals surface area contributed by atoms with E-state index in [-0.39, 0.29) is 6.04 Å². The lowest BCUT2D eigenvalue weighted by Gasteiger charge is -2.29. The van der Waals surface area contributed by atoms with E-state index in [1.54, 1.807) is 0 Å². The molecular formula is C16H26N2O2. The van der Waals surface area contributed by atoms with E-state index in [2.05, 4.69) is 24.0 Å². The summed E-state index contributed by atoms with van der Waals surface area (Å²) in [5.41, 5.74) is 7.25. The fourth-order valence-corrected chi connectivity index (χ4v) is 2.58. The fraction of sp³-hybridized carbons (Fsp3) is 0.625. The summed E-state index contributed by atoms with van der Waals surface area (Å²) in [6.07, 6.45) is 2.11. The molecule has 0 aromatic heterocycles. The minimum Gasteiger partial charge on any atom is -0.494 e. The van der Waals surface area contributed by atoms with Gasteiger partial charge in [0.2, 0.25) is 0 Å². The molecule has 1 unspecified atom stereocenters. The van der Waals surface area contributed by atoms with Gasteiger partial charge in [0.1, 0.15) is 5.75 Å². The Kier molecular flexibility index (Phi) is 6.30. The molecule has 1 fully saturated rings. The van der Waals surface area contributed by atoms with Crippen LogP contribution in [0.3, 0.4) is 0 Å². The minimum absolute atomic E-state index is 0.275. The van der Waals surface area contributed by atoms with Crippen molar-refractivity contribution in [2.45, 2.75) is 25.8 Å². The van der Waals surface area contributed by atoms with Crippen LogP contribution in [-0.4, -0.2) is 44.4 Å². The van der Waals surface area contributed by atoms with Crippen molar-refractivity contribution in [2.24, 2.45) is 5.73 Å². The van der Waals surface area contributed by atoms with E-state index in [0.29, 0.717) is 6.54 Å². The summed E-state index contributed by atoms with van der Waals surface area (Å²) in [4.78, 5) is 2.43. The maximum Gasteiger partial charge on any atom is 0.119 e. The van der Waals surface area contributed by atoms with E-state index >= 15 is 0 Å². The van der Waals surface area contributed by atoms with Crippen molar-refractivity contribution >= 4 is 0 Å². The minimum atomic E-state index is 0.275. The van der Waals surface area contributed by atoms with Gasteiger partial charge >= 0.3 is 0 Å². The summed E-state index contributed by atoms with van der Waals surface area (Å²) in [6.45, 7) is 7.18. The molecule has 0 radical (unpaired) electrons. The van der Waals surface area contributed by atoms with E-state index in [0.717, 1.165) is 51.5 Å². The van der Waals surface area contributed by atoms with Gasteiger partial charge in [-0.15, -0.1) is 0 Å². The maximum absolute atomic E-state index is 5.99. The molecule has 1 aromatic rings. The molecule has 1 atom stereocenters. The Morgan fingerprint density at radius 3 is 2.75 bits per heavy atom. The molecule has 1 saturated heterocycles. The summed E-state index contributed by atoms with van der Waals surface area (Å²) in [7, 11) is 0. The first kappa shape index (κ1) is 15.3. The molecule has 112 valence electrons. The van der Waals surface area contributed by atoms with Gasteiger partial charge in [-0.25, -0.2) is 0 Å². The second kappa shape index (κ2) is 8.25. The van der Waals surface area contributed by atoms with Crippen molar-refractivity contribution < 1.29 is 9.47 Å². The molecule has 20 heavy (non-hydrogen) atoms.